The smallest absolute Gasteiger partial charge is 0.416 e. The third kappa shape index (κ3) is 7.05. The van der Waals surface area contributed by atoms with Crippen LogP contribution in [0.15, 0.2) is 78.9 Å². The highest BCUT2D eigenvalue weighted by atomic mass is 19.4. The number of carbonyl (C=O) groups excluding carboxylic acids is 2. The topological polar surface area (TPSA) is 79.5 Å². The second-order valence-electron chi connectivity index (χ2n) is 6.74. The van der Waals surface area contributed by atoms with E-state index in [0.29, 0.717) is 22.7 Å². The van der Waals surface area contributed by atoms with E-state index >= 15 is 0 Å². The molecule has 3 rings (SSSR count). The maximum atomic E-state index is 12.8. The number of anilines is 2. The van der Waals surface area contributed by atoms with Crippen molar-refractivity contribution < 1.29 is 27.5 Å². The molecule has 0 aliphatic heterocycles. The molecule has 0 unspecified atom stereocenters. The molecule has 3 aromatic rings. The van der Waals surface area contributed by atoms with Crippen LogP contribution in [0.5, 0.6) is 5.75 Å². The van der Waals surface area contributed by atoms with E-state index < -0.39 is 17.8 Å². The number of amides is 3. The summed E-state index contributed by atoms with van der Waals surface area (Å²) in [6, 6.07) is 19.5. The lowest BCUT2D eigenvalue weighted by atomic mass is 10.1. The molecule has 9 heteroatoms. The van der Waals surface area contributed by atoms with Gasteiger partial charge in [-0.1, -0.05) is 36.4 Å². The zero-order valence-corrected chi connectivity index (χ0v) is 16.8. The van der Waals surface area contributed by atoms with Gasteiger partial charge < -0.3 is 20.7 Å². The Labute approximate surface area is 182 Å². The van der Waals surface area contributed by atoms with Crippen molar-refractivity contribution in [2.45, 2.75) is 12.7 Å². The molecule has 3 N–H and O–H groups in total. The quantitative estimate of drug-likeness (QED) is 0.478. The predicted octanol–water partition coefficient (Wildman–Crippen LogP) is 5.04. The van der Waals surface area contributed by atoms with Gasteiger partial charge in [0.15, 0.2) is 6.61 Å². The second kappa shape index (κ2) is 10.3. The molecule has 6 nitrogen and oxygen atoms in total. The first-order chi connectivity index (χ1) is 15.3. The van der Waals surface area contributed by atoms with E-state index in [1.165, 1.54) is 18.2 Å². The van der Waals surface area contributed by atoms with Crippen molar-refractivity contribution in [3.05, 3.63) is 90.0 Å². The van der Waals surface area contributed by atoms with E-state index in [2.05, 4.69) is 16.0 Å². The molecule has 0 aliphatic carbocycles. The van der Waals surface area contributed by atoms with Crippen LogP contribution in [0.25, 0.3) is 0 Å². The maximum absolute atomic E-state index is 12.8. The molecule has 0 spiro atoms. The zero-order chi connectivity index (χ0) is 23.0. The van der Waals surface area contributed by atoms with Crippen molar-refractivity contribution in [2.24, 2.45) is 0 Å². The van der Waals surface area contributed by atoms with Crippen LogP contribution in [0.4, 0.5) is 29.3 Å². The van der Waals surface area contributed by atoms with Crippen LogP contribution in [-0.4, -0.2) is 18.5 Å². The van der Waals surface area contributed by atoms with E-state index in [1.807, 2.05) is 6.07 Å². The summed E-state index contributed by atoms with van der Waals surface area (Å²) in [5.74, 6) is 0.0253. The zero-order valence-electron chi connectivity index (χ0n) is 16.8. The summed E-state index contributed by atoms with van der Waals surface area (Å²) in [4.78, 5) is 24.1. The molecule has 166 valence electrons. The Balaban J connectivity index is 1.49. The van der Waals surface area contributed by atoms with Crippen LogP contribution in [-0.2, 0) is 17.5 Å². The summed E-state index contributed by atoms with van der Waals surface area (Å²) in [7, 11) is 0. The number of halogens is 3. The predicted molar refractivity (Wildman–Crippen MR) is 114 cm³/mol. The Morgan fingerprint density at radius 3 is 2.28 bits per heavy atom. The maximum Gasteiger partial charge on any atom is 0.416 e. The number of nitrogens with one attached hydrogen (secondary N) is 3. The highest BCUT2D eigenvalue weighted by molar-refractivity contribution is 5.92. The Kier molecular flexibility index (Phi) is 7.33. The van der Waals surface area contributed by atoms with Gasteiger partial charge in [-0.2, -0.15) is 13.2 Å². The van der Waals surface area contributed by atoms with Gasteiger partial charge in [-0.05, 0) is 42.0 Å². The van der Waals surface area contributed by atoms with Gasteiger partial charge in [-0.25, -0.2) is 4.79 Å². The average molecular weight is 443 g/mol. The molecule has 0 bridgehead atoms. The molecule has 0 heterocycles. The number of rotatable bonds is 7. The summed E-state index contributed by atoms with van der Waals surface area (Å²) >= 11 is 0. The number of ether oxygens (including phenoxy) is 1. The van der Waals surface area contributed by atoms with Crippen LogP contribution in [0, 0.1) is 0 Å². The van der Waals surface area contributed by atoms with Crippen LogP contribution >= 0.6 is 0 Å². The van der Waals surface area contributed by atoms with E-state index in [4.69, 9.17) is 4.74 Å². The molecule has 32 heavy (non-hydrogen) atoms. The molecule has 0 aliphatic rings. The molecule has 3 aromatic carbocycles. The van der Waals surface area contributed by atoms with Gasteiger partial charge in [-0.15, -0.1) is 0 Å². The monoisotopic (exact) mass is 443 g/mol. The highest BCUT2D eigenvalue weighted by Gasteiger charge is 2.30. The lowest BCUT2D eigenvalue weighted by Crippen LogP contribution is -2.28. The molecule has 3 amide bonds. The van der Waals surface area contributed by atoms with Gasteiger partial charge in [0, 0.05) is 24.0 Å². The van der Waals surface area contributed by atoms with E-state index in [1.54, 1.807) is 42.5 Å². The first-order valence-electron chi connectivity index (χ1n) is 9.58. The normalized spacial score (nSPS) is 10.8. The molecule has 0 saturated carbocycles. The SMILES string of the molecule is O=C(COc1cccc(NC(=O)NCc2cccc(C(F)(F)F)c2)c1)Nc1ccccc1. The fourth-order valence-corrected chi connectivity index (χ4v) is 2.75. The molecule has 0 fully saturated rings. The summed E-state index contributed by atoms with van der Waals surface area (Å²) in [6.45, 7) is -0.300. The van der Waals surface area contributed by atoms with Crippen molar-refractivity contribution in [1.29, 1.82) is 0 Å². The van der Waals surface area contributed by atoms with Gasteiger partial charge in [0.1, 0.15) is 5.75 Å². The largest absolute Gasteiger partial charge is 0.484 e. The Hall–Kier alpha value is -4.01. The molecular weight excluding hydrogens is 423 g/mol. The number of carbonyl (C=O) groups is 2. The van der Waals surface area contributed by atoms with Crippen molar-refractivity contribution >= 4 is 23.3 Å². The first-order valence-corrected chi connectivity index (χ1v) is 9.58. The fraction of sp³-hybridized carbons (Fsp3) is 0.130. The van der Waals surface area contributed by atoms with Crippen molar-refractivity contribution in [2.75, 3.05) is 17.2 Å². The minimum atomic E-state index is -4.45. The number of para-hydroxylation sites is 1. The molecule has 0 saturated heterocycles. The minimum absolute atomic E-state index is 0.0778. The number of alkyl halides is 3. The van der Waals surface area contributed by atoms with Gasteiger partial charge in [-0.3, -0.25) is 4.79 Å². The third-order valence-electron chi connectivity index (χ3n) is 4.23. The Morgan fingerprint density at radius 2 is 1.53 bits per heavy atom. The number of hydrogen-bond donors (Lipinski definition) is 3. The minimum Gasteiger partial charge on any atom is -0.484 e. The number of hydrogen-bond acceptors (Lipinski definition) is 3. The summed E-state index contributed by atoms with van der Waals surface area (Å²) < 4.78 is 43.8. The van der Waals surface area contributed by atoms with Crippen LogP contribution in [0.1, 0.15) is 11.1 Å². The highest BCUT2D eigenvalue weighted by Crippen LogP contribution is 2.29. The van der Waals surface area contributed by atoms with Gasteiger partial charge in [0.05, 0.1) is 5.56 Å². The number of benzene rings is 3. The van der Waals surface area contributed by atoms with Crippen LogP contribution in [0.2, 0.25) is 0 Å². The molecule has 0 radical (unpaired) electrons. The summed E-state index contributed by atoms with van der Waals surface area (Å²) in [6.07, 6.45) is -4.45. The lowest BCUT2D eigenvalue weighted by Gasteiger charge is -2.11. The third-order valence-corrected chi connectivity index (χ3v) is 4.23. The van der Waals surface area contributed by atoms with Crippen LogP contribution < -0.4 is 20.7 Å². The Morgan fingerprint density at radius 1 is 0.812 bits per heavy atom. The molecule has 0 atom stereocenters. The number of urea groups is 1. The van der Waals surface area contributed by atoms with Crippen molar-refractivity contribution in [3.63, 3.8) is 0 Å². The van der Waals surface area contributed by atoms with E-state index in [-0.39, 0.29) is 19.1 Å². The first kappa shape index (κ1) is 22.7. The average Bonchev–Trinajstić information content (AvgIpc) is 2.77. The molecular formula is C23H20F3N3O3. The van der Waals surface area contributed by atoms with Crippen molar-refractivity contribution in [3.8, 4) is 5.75 Å². The van der Waals surface area contributed by atoms with Gasteiger partial charge >= 0.3 is 12.2 Å². The lowest BCUT2D eigenvalue weighted by molar-refractivity contribution is -0.137. The van der Waals surface area contributed by atoms with Gasteiger partial charge in [0.25, 0.3) is 5.91 Å². The summed E-state index contributed by atoms with van der Waals surface area (Å²) in [5, 5.41) is 7.76. The van der Waals surface area contributed by atoms with Crippen molar-refractivity contribution in [1.82, 2.24) is 5.32 Å². The van der Waals surface area contributed by atoms with Gasteiger partial charge in [0.2, 0.25) is 0 Å². The molecule has 0 aromatic heterocycles. The van der Waals surface area contributed by atoms with E-state index in [9.17, 15) is 22.8 Å². The standard InChI is InChI=1S/C23H20F3N3O3/c24-23(25,26)17-7-4-6-16(12-17)14-27-22(31)29-19-10-5-11-20(13-19)32-15-21(30)28-18-8-2-1-3-9-18/h1-13H,14-15H2,(H,28,30)(H2,27,29,31). The second-order valence-corrected chi connectivity index (χ2v) is 6.74. The summed E-state index contributed by atoms with van der Waals surface area (Å²) in [5.41, 5.74) is 0.580. The van der Waals surface area contributed by atoms with E-state index in [0.717, 1.165) is 12.1 Å². The van der Waals surface area contributed by atoms with Crippen LogP contribution in [0.3, 0.4) is 0 Å². The Bertz CT molecular complexity index is 1070. The fourth-order valence-electron chi connectivity index (χ4n) is 2.75.